The first kappa shape index (κ1) is 13.9. The van der Waals surface area contributed by atoms with Crippen molar-refractivity contribution in [2.45, 2.75) is 12.3 Å². The van der Waals surface area contributed by atoms with Crippen LogP contribution in [-0.2, 0) is 0 Å². The van der Waals surface area contributed by atoms with Crippen LogP contribution in [0.3, 0.4) is 0 Å². The fraction of sp³-hybridized carbons (Fsp3) is 0.167. The van der Waals surface area contributed by atoms with E-state index in [1.54, 1.807) is 0 Å². The molecule has 0 saturated heterocycles. The third-order valence-electron chi connectivity index (χ3n) is 2.41. The molecule has 5 heteroatoms. The number of thiophene rings is 1. The first-order valence-electron chi connectivity index (χ1n) is 4.84. The minimum Gasteiger partial charge on any atom is -0.125 e. The summed E-state index contributed by atoms with van der Waals surface area (Å²) in [4.78, 5) is 1.04. The Bertz CT molecular complexity index is 532. The Kier molecular flexibility index (Phi) is 4.59. The van der Waals surface area contributed by atoms with Crippen LogP contribution < -0.4 is 0 Å². The molecule has 17 heavy (non-hydrogen) atoms. The van der Waals surface area contributed by atoms with Gasteiger partial charge in [-0.05, 0) is 40.0 Å². The maximum atomic E-state index is 6.50. The van der Waals surface area contributed by atoms with Crippen LogP contribution in [0.1, 0.15) is 21.4 Å². The second-order valence-corrected chi connectivity index (χ2v) is 7.38. The van der Waals surface area contributed by atoms with Crippen LogP contribution in [0.2, 0.25) is 4.34 Å². The van der Waals surface area contributed by atoms with Gasteiger partial charge in [-0.3, -0.25) is 0 Å². The summed E-state index contributed by atoms with van der Waals surface area (Å²) >= 11 is 21.0. The topological polar surface area (TPSA) is 0 Å². The summed E-state index contributed by atoms with van der Waals surface area (Å²) in [5.41, 5.74) is 2.24. The van der Waals surface area contributed by atoms with Gasteiger partial charge in [0.2, 0.25) is 0 Å². The van der Waals surface area contributed by atoms with Crippen molar-refractivity contribution in [3.8, 4) is 0 Å². The molecule has 2 rings (SSSR count). The Hall–Kier alpha value is 0.460. The van der Waals surface area contributed by atoms with Crippen molar-refractivity contribution >= 4 is 66.4 Å². The molecule has 0 fully saturated rings. The predicted molar refractivity (Wildman–Crippen MR) is 83.6 cm³/mol. The molecular weight excluding hydrogens is 407 g/mol. The first-order chi connectivity index (χ1) is 8.00. The molecule has 1 unspecified atom stereocenters. The fourth-order valence-electron chi connectivity index (χ4n) is 1.51. The average molecular weight is 415 g/mol. The SMILES string of the molecule is Cc1cccc(C(Cl)c2cc(Br)c(Cl)s2)c1Br. The largest absolute Gasteiger partial charge is 0.125 e. The molecule has 0 aliphatic carbocycles. The molecule has 2 aromatic rings. The van der Waals surface area contributed by atoms with Crippen LogP contribution in [0.25, 0.3) is 0 Å². The van der Waals surface area contributed by atoms with Crippen LogP contribution in [0.4, 0.5) is 0 Å². The Balaban J connectivity index is 2.43. The average Bonchev–Trinajstić information content (AvgIpc) is 2.62. The van der Waals surface area contributed by atoms with Crippen molar-refractivity contribution in [1.82, 2.24) is 0 Å². The van der Waals surface area contributed by atoms with E-state index in [-0.39, 0.29) is 5.38 Å². The lowest BCUT2D eigenvalue weighted by Gasteiger charge is -2.11. The Morgan fingerprint density at radius 3 is 2.59 bits per heavy atom. The molecule has 0 nitrogen and oxygen atoms in total. The third-order valence-corrected chi connectivity index (χ3v) is 6.63. The van der Waals surface area contributed by atoms with E-state index in [1.165, 1.54) is 16.9 Å². The molecule has 0 amide bonds. The van der Waals surface area contributed by atoms with Gasteiger partial charge in [0.25, 0.3) is 0 Å². The highest BCUT2D eigenvalue weighted by molar-refractivity contribution is 9.11. The quantitative estimate of drug-likeness (QED) is 0.488. The van der Waals surface area contributed by atoms with Gasteiger partial charge in [0.1, 0.15) is 4.34 Å². The highest BCUT2D eigenvalue weighted by atomic mass is 79.9. The molecule has 1 aromatic heterocycles. The number of halogens is 4. The summed E-state index contributed by atoms with van der Waals surface area (Å²) in [5, 5.41) is -0.182. The van der Waals surface area contributed by atoms with E-state index < -0.39 is 0 Å². The lowest BCUT2D eigenvalue weighted by molar-refractivity contribution is 1.15. The number of aryl methyl sites for hydroxylation is 1. The van der Waals surface area contributed by atoms with Crippen molar-refractivity contribution < 1.29 is 0 Å². The van der Waals surface area contributed by atoms with Crippen LogP contribution in [0.15, 0.2) is 33.2 Å². The van der Waals surface area contributed by atoms with Crippen LogP contribution in [0.5, 0.6) is 0 Å². The molecule has 0 N–H and O–H groups in total. The van der Waals surface area contributed by atoms with Gasteiger partial charge in [-0.25, -0.2) is 0 Å². The number of benzene rings is 1. The number of alkyl halides is 1. The summed E-state index contributed by atoms with van der Waals surface area (Å²) in [6.45, 7) is 2.05. The van der Waals surface area contributed by atoms with Crippen LogP contribution in [-0.4, -0.2) is 0 Å². The molecule has 0 saturated carbocycles. The summed E-state index contributed by atoms with van der Waals surface area (Å²) in [5.74, 6) is 0. The maximum Gasteiger partial charge on any atom is 0.107 e. The number of hydrogen-bond donors (Lipinski definition) is 0. The third kappa shape index (κ3) is 2.90. The van der Waals surface area contributed by atoms with Crippen molar-refractivity contribution in [3.05, 3.63) is 53.6 Å². The predicted octanol–water partition coefficient (Wildman–Crippen LogP) is 6.56. The smallest absolute Gasteiger partial charge is 0.107 e. The van der Waals surface area contributed by atoms with Gasteiger partial charge < -0.3 is 0 Å². The van der Waals surface area contributed by atoms with E-state index in [2.05, 4.69) is 44.8 Å². The van der Waals surface area contributed by atoms with Crippen molar-refractivity contribution in [2.75, 3.05) is 0 Å². The molecule has 0 aliphatic rings. The maximum absolute atomic E-state index is 6.50. The Morgan fingerprint density at radius 2 is 2.00 bits per heavy atom. The van der Waals surface area contributed by atoms with Gasteiger partial charge in [-0.1, -0.05) is 45.7 Å². The van der Waals surface area contributed by atoms with Crippen LogP contribution >= 0.6 is 66.4 Å². The zero-order valence-electron chi connectivity index (χ0n) is 8.81. The van der Waals surface area contributed by atoms with Gasteiger partial charge in [0.15, 0.2) is 0 Å². The summed E-state index contributed by atoms with van der Waals surface area (Å²) in [6, 6.07) is 8.05. The zero-order chi connectivity index (χ0) is 12.6. The summed E-state index contributed by atoms with van der Waals surface area (Å²) in [6.07, 6.45) is 0. The van der Waals surface area contributed by atoms with Gasteiger partial charge in [0.05, 0.1) is 5.38 Å². The van der Waals surface area contributed by atoms with Gasteiger partial charge in [0, 0.05) is 13.8 Å². The Morgan fingerprint density at radius 1 is 1.29 bits per heavy atom. The zero-order valence-corrected chi connectivity index (χ0v) is 14.3. The van der Waals surface area contributed by atoms with Gasteiger partial charge in [-0.2, -0.15) is 0 Å². The van der Waals surface area contributed by atoms with E-state index in [1.807, 2.05) is 18.2 Å². The molecule has 0 spiro atoms. The normalized spacial score (nSPS) is 12.8. The lowest BCUT2D eigenvalue weighted by atomic mass is 10.1. The van der Waals surface area contributed by atoms with Gasteiger partial charge >= 0.3 is 0 Å². The molecular formula is C12H8Br2Cl2S. The van der Waals surface area contributed by atoms with Crippen molar-refractivity contribution in [3.63, 3.8) is 0 Å². The van der Waals surface area contributed by atoms with Crippen molar-refractivity contribution in [2.24, 2.45) is 0 Å². The molecule has 1 atom stereocenters. The first-order valence-corrected chi connectivity index (χ1v) is 8.06. The Labute approximate surface area is 131 Å². The van der Waals surface area contributed by atoms with E-state index in [0.29, 0.717) is 0 Å². The molecule has 90 valence electrons. The van der Waals surface area contributed by atoms with E-state index in [9.17, 15) is 0 Å². The van der Waals surface area contributed by atoms with Crippen LogP contribution in [0, 0.1) is 6.92 Å². The number of hydrogen-bond acceptors (Lipinski definition) is 1. The summed E-state index contributed by atoms with van der Waals surface area (Å²) < 4.78 is 2.68. The summed E-state index contributed by atoms with van der Waals surface area (Å²) in [7, 11) is 0. The minimum absolute atomic E-state index is 0.182. The second-order valence-electron chi connectivity index (χ2n) is 3.61. The lowest BCUT2D eigenvalue weighted by Crippen LogP contribution is -1.93. The molecule has 0 aliphatic heterocycles. The van der Waals surface area contributed by atoms with Gasteiger partial charge in [-0.15, -0.1) is 22.9 Å². The number of rotatable bonds is 2. The second kappa shape index (κ2) is 5.62. The van der Waals surface area contributed by atoms with E-state index in [0.717, 1.165) is 23.7 Å². The monoisotopic (exact) mass is 412 g/mol. The standard InChI is InChI=1S/C12H8Br2Cl2S/c1-6-3-2-4-7(10(6)14)11(15)9-5-8(13)12(16)17-9/h2-5,11H,1H3. The molecule has 1 aromatic carbocycles. The molecule has 1 heterocycles. The molecule has 0 radical (unpaired) electrons. The fourth-order valence-corrected chi connectivity index (χ4v) is 4.24. The van der Waals surface area contributed by atoms with E-state index in [4.69, 9.17) is 23.2 Å². The highest BCUT2D eigenvalue weighted by Crippen LogP contribution is 2.42. The highest BCUT2D eigenvalue weighted by Gasteiger charge is 2.18. The van der Waals surface area contributed by atoms with Crippen molar-refractivity contribution in [1.29, 1.82) is 0 Å². The minimum atomic E-state index is -0.182. The molecule has 0 bridgehead atoms. The van der Waals surface area contributed by atoms with E-state index >= 15 is 0 Å².